The Balaban J connectivity index is 4.67. The van der Waals surface area contributed by atoms with Crippen molar-refractivity contribution in [1.29, 1.82) is 0 Å². The summed E-state index contributed by atoms with van der Waals surface area (Å²) in [6.45, 7) is 5.36. The molecule has 2 N–H and O–H groups in total. The van der Waals surface area contributed by atoms with Crippen LogP contribution in [0.4, 0.5) is 18.0 Å². The fraction of sp³-hybridized carbons (Fsp3) is 0.833. The van der Waals surface area contributed by atoms with Crippen LogP contribution in [0.15, 0.2) is 0 Å². The molecule has 1 atom stereocenters. The van der Waals surface area contributed by atoms with E-state index in [1.807, 2.05) is 5.32 Å². The van der Waals surface area contributed by atoms with E-state index in [9.17, 15) is 22.8 Å². The summed E-state index contributed by atoms with van der Waals surface area (Å²) < 4.78 is 47.2. The molecule has 1 amide bonds. The molecule has 0 saturated carbocycles. The van der Waals surface area contributed by atoms with Crippen LogP contribution in [-0.2, 0) is 14.3 Å². The van der Waals surface area contributed by atoms with Gasteiger partial charge in [-0.3, -0.25) is 0 Å². The number of carboxylic acid groups (broad SMARTS) is 1. The average molecular weight is 315 g/mol. The fourth-order valence-electron chi connectivity index (χ4n) is 0.998. The molecule has 0 aromatic rings. The number of carboxylic acids is 1. The van der Waals surface area contributed by atoms with Crippen LogP contribution < -0.4 is 5.32 Å². The van der Waals surface area contributed by atoms with Gasteiger partial charge in [0, 0.05) is 0 Å². The smallest absolute Gasteiger partial charge is 0.416 e. The molecule has 0 aromatic heterocycles. The number of hydrogen-bond acceptors (Lipinski definition) is 4. The Morgan fingerprint density at radius 1 is 1.14 bits per heavy atom. The topological polar surface area (TPSA) is 84.9 Å². The predicted molar refractivity (Wildman–Crippen MR) is 66.9 cm³/mol. The van der Waals surface area contributed by atoms with Crippen LogP contribution in [0.2, 0.25) is 0 Å². The molecule has 0 heterocycles. The molecule has 0 aromatic carbocycles. The zero-order valence-electron chi connectivity index (χ0n) is 12.5. The summed E-state index contributed by atoms with van der Waals surface area (Å²) in [5, 5.41) is 10.8. The number of alkyl carbamates (subject to hydrolysis) is 1. The minimum Gasteiger partial charge on any atom is -0.480 e. The number of halogens is 3. The lowest BCUT2D eigenvalue weighted by Gasteiger charge is -2.29. The van der Waals surface area contributed by atoms with Gasteiger partial charge in [0.25, 0.3) is 0 Å². The van der Waals surface area contributed by atoms with Gasteiger partial charge in [0.05, 0.1) is 6.61 Å². The monoisotopic (exact) mass is 315 g/mol. The van der Waals surface area contributed by atoms with Gasteiger partial charge in [-0.1, -0.05) is 0 Å². The number of amides is 1. The molecule has 0 unspecified atom stereocenters. The number of ether oxygens (including phenoxy) is 2. The third kappa shape index (κ3) is 7.16. The first-order valence-corrected chi connectivity index (χ1v) is 6.09. The summed E-state index contributed by atoms with van der Waals surface area (Å²) in [6, 6.07) is -1.65. The molecule has 0 aliphatic heterocycles. The SMILES string of the molecule is CC(C)(C)OC(=O)N[C@@H](COC(C)(C)C(F)(F)F)C(=O)O. The van der Waals surface area contributed by atoms with E-state index in [0.29, 0.717) is 0 Å². The van der Waals surface area contributed by atoms with Gasteiger partial charge in [0.15, 0.2) is 11.6 Å². The third-order valence-electron chi connectivity index (χ3n) is 2.28. The Hall–Kier alpha value is -1.51. The van der Waals surface area contributed by atoms with Crippen LogP contribution in [0.3, 0.4) is 0 Å². The second kappa shape index (κ2) is 6.50. The van der Waals surface area contributed by atoms with Crippen LogP contribution in [0.25, 0.3) is 0 Å². The van der Waals surface area contributed by atoms with Crippen molar-refractivity contribution in [3.63, 3.8) is 0 Å². The van der Waals surface area contributed by atoms with E-state index in [2.05, 4.69) is 4.74 Å². The minimum absolute atomic E-state index is 0.763. The quantitative estimate of drug-likeness (QED) is 0.813. The number of hydrogen-bond donors (Lipinski definition) is 2. The lowest BCUT2D eigenvalue weighted by Crippen LogP contribution is -2.50. The first-order valence-electron chi connectivity index (χ1n) is 6.09. The highest BCUT2D eigenvalue weighted by molar-refractivity contribution is 5.80. The predicted octanol–water partition coefficient (Wildman–Crippen LogP) is 2.32. The zero-order valence-corrected chi connectivity index (χ0v) is 12.5. The van der Waals surface area contributed by atoms with Gasteiger partial charge < -0.3 is 19.9 Å². The Morgan fingerprint density at radius 3 is 1.95 bits per heavy atom. The molecule has 0 bridgehead atoms. The molecular weight excluding hydrogens is 295 g/mol. The van der Waals surface area contributed by atoms with E-state index < -0.39 is 42.1 Å². The van der Waals surface area contributed by atoms with Crippen molar-refractivity contribution in [1.82, 2.24) is 5.32 Å². The minimum atomic E-state index is -4.66. The van der Waals surface area contributed by atoms with Crippen molar-refractivity contribution in [3.8, 4) is 0 Å². The number of carbonyl (C=O) groups is 2. The molecule has 0 saturated heterocycles. The van der Waals surface area contributed by atoms with Crippen molar-refractivity contribution in [2.24, 2.45) is 0 Å². The molecule has 0 radical (unpaired) electrons. The van der Waals surface area contributed by atoms with Crippen LogP contribution in [-0.4, -0.2) is 47.2 Å². The highest BCUT2D eigenvalue weighted by Gasteiger charge is 2.49. The maximum atomic E-state index is 12.6. The molecule has 9 heteroatoms. The second-order valence-electron chi connectivity index (χ2n) is 5.86. The van der Waals surface area contributed by atoms with E-state index in [4.69, 9.17) is 9.84 Å². The van der Waals surface area contributed by atoms with Crippen molar-refractivity contribution >= 4 is 12.1 Å². The van der Waals surface area contributed by atoms with Gasteiger partial charge in [-0.05, 0) is 34.6 Å². The summed E-state index contributed by atoms with van der Waals surface area (Å²) in [6.07, 6.45) is -5.72. The number of aliphatic carboxylic acids is 1. The van der Waals surface area contributed by atoms with Gasteiger partial charge in [-0.15, -0.1) is 0 Å². The number of rotatable bonds is 5. The molecule has 0 spiro atoms. The summed E-state index contributed by atoms with van der Waals surface area (Å²) in [4.78, 5) is 22.4. The average Bonchev–Trinajstić information content (AvgIpc) is 2.19. The van der Waals surface area contributed by atoms with Crippen molar-refractivity contribution in [2.45, 2.75) is 58.0 Å². The summed E-state index contributed by atoms with van der Waals surface area (Å²) >= 11 is 0. The maximum absolute atomic E-state index is 12.6. The van der Waals surface area contributed by atoms with E-state index in [0.717, 1.165) is 13.8 Å². The largest absolute Gasteiger partial charge is 0.480 e. The molecule has 0 aliphatic carbocycles. The first kappa shape index (κ1) is 19.5. The normalized spacial score (nSPS) is 14.5. The Labute approximate surface area is 120 Å². The third-order valence-corrected chi connectivity index (χ3v) is 2.28. The molecule has 0 aliphatic rings. The van der Waals surface area contributed by atoms with Crippen molar-refractivity contribution < 1.29 is 37.3 Å². The molecule has 124 valence electrons. The van der Waals surface area contributed by atoms with Crippen LogP contribution in [0.5, 0.6) is 0 Å². The maximum Gasteiger partial charge on any atom is 0.416 e. The number of alkyl halides is 3. The molecule has 0 fully saturated rings. The van der Waals surface area contributed by atoms with Crippen LogP contribution in [0.1, 0.15) is 34.6 Å². The van der Waals surface area contributed by atoms with Gasteiger partial charge in [-0.25, -0.2) is 9.59 Å². The molecule has 0 rings (SSSR count). The van der Waals surface area contributed by atoms with Gasteiger partial charge in [-0.2, -0.15) is 13.2 Å². The number of carbonyl (C=O) groups excluding carboxylic acids is 1. The van der Waals surface area contributed by atoms with Crippen LogP contribution in [0, 0.1) is 0 Å². The second-order valence-corrected chi connectivity index (χ2v) is 5.86. The molecule has 21 heavy (non-hydrogen) atoms. The lowest BCUT2D eigenvalue weighted by atomic mass is 10.1. The highest BCUT2D eigenvalue weighted by atomic mass is 19.4. The molecule has 6 nitrogen and oxygen atoms in total. The highest BCUT2D eigenvalue weighted by Crippen LogP contribution is 2.32. The summed E-state index contributed by atoms with van der Waals surface area (Å²) in [5.41, 5.74) is -3.39. The van der Waals surface area contributed by atoms with Crippen molar-refractivity contribution in [3.05, 3.63) is 0 Å². The Morgan fingerprint density at radius 2 is 1.62 bits per heavy atom. The van der Waals surface area contributed by atoms with Crippen LogP contribution >= 0.6 is 0 Å². The summed E-state index contributed by atoms with van der Waals surface area (Å²) in [5.74, 6) is -1.53. The van der Waals surface area contributed by atoms with Crippen molar-refractivity contribution in [2.75, 3.05) is 6.61 Å². The van der Waals surface area contributed by atoms with E-state index in [1.54, 1.807) is 20.8 Å². The van der Waals surface area contributed by atoms with Gasteiger partial charge in [0.2, 0.25) is 0 Å². The lowest BCUT2D eigenvalue weighted by molar-refractivity contribution is -0.264. The standard InChI is InChI=1S/C12H20F3NO5/c1-10(2,3)21-9(19)16-7(8(17)18)6-20-11(4,5)12(13,14)15/h7H,6H2,1-5H3,(H,16,19)(H,17,18)/t7-/m0/s1. The van der Waals surface area contributed by atoms with E-state index >= 15 is 0 Å². The fourth-order valence-corrected chi connectivity index (χ4v) is 0.998. The number of nitrogens with one attached hydrogen (secondary N) is 1. The Kier molecular flexibility index (Phi) is 6.04. The Bertz CT molecular complexity index is 387. The van der Waals surface area contributed by atoms with Gasteiger partial charge in [0.1, 0.15) is 5.60 Å². The first-order chi connectivity index (χ1) is 9.16. The van der Waals surface area contributed by atoms with E-state index in [-0.39, 0.29) is 0 Å². The molecular formula is C12H20F3NO5. The zero-order chi connectivity index (χ0) is 17.1. The summed E-state index contributed by atoms with van der Waals surface area (Å²) in [7, 11) is 0. The van der Waals surface area contributed by atoms with Gasteiger partial charge >= 0.3 is 18.2 Å². The van der Waals surface area contributed by atoms with E-state index in [1.165, 1.54) is 0 Å².